The van der Waals surface area contributed by atoms with Gasteiger partial charge in [0.1, 0.15) is 11.2 Å². The minimum atomic E-state index is -0.350. The molecule has 2 aromatic heterocycles. The zero-order chi connectivity index (χ0) is 44.9. The fraction of sp³-hybridized carbons (Fsp3) is 0.0781. The van der Waals surface area contributed by atoms with Crippen LogP contribution in [-0.4, -0.2) is 16.5 Å². The highest BCUT2D eigenvalue weighted by molar-refractivity contribution is 6.17. The lowest BCUT2D eigenvalue weighted by molar-refractivity contribution is 0.532. The van der Waals surface area contributed by atoms with Crippen molar-refractivity contribution < 1.29 is 4.42 Å². The predicted octanol–water partition coefficient (Wildman–Crippen LogP) is 15.8. The average molecular weight is 870 g/mol. The third-order valence-corrected chi connectivity index (χ3v) is 14.9. The summed E-state index contributed by atoms with van der Waals surface area (Å²) >= 11 is 0. The summed E-state index contributed by atoms with van der Waals surface area (Å²) in [5.41, 5.74) is 21.5. The van der Waals surface area contributed by atoms with Crippen molar-refractivity contribution >= 4 is 44.4 Å². The number of furan rings is 1. The van der Waals surface area contributed by atoms with Gasteiger partial charge in [0.05, 0.1) is 28.4 Å². The van der Waals surface area contributed by atoms with Gasteiger partial charge in [-0.3, -0.25) is 4.99 Å². The van der Waals surface area contributed by atoms with E-state index in [0.29, 0.717) is 0 Å². The first-order chi connectivity index (χ1) is 33.6. The molecule has 2 aliphatic carbocycles. The number of nitrogens with zero attached hydrogens (tertiary/aromatic N) is 3. The van der Waals surface area contributed by atoms with Crippen LogP contribution in [0, 0.1) is 5.92 Å². The largest absolute Gasteiger partial charge is 0.456 e. The van der Waals surface area contributed by atoms with Crippen LogP contribution in [0.1, 0.15) is 58.3 Å². The number of rotatable bonds is 6. The molecule has 2 unspecified atom stereocenters. The van der Waals surface area contributed by atoms with Crippen LogP contribution >= 0.6 is 0 Å². The summed E-state index contributed by atoms with van der Waals surface area (Å²) in [6.45, 7) is 2.23. The molecule has 0 bridgehead atoms. The van der Waals surface area contributed by atoms with Gasteiger partial charge in [0, 0.05) is 38.8 Å². The molecule has 11 aromatic rings. The molecule has 320 valence electrons. The van der Waals surface area contributed by atoms with Crippen LogP contribution in [0.5, 0.6) is 0 Å². The van der Waals surface area contributed by atoms with Crippen LogP contribution in [0.3, 0.4) is 0 Å². The fourth-order valence-electron chi connectivity index (χ4n) is 11.8. The summed E-state index contributed by atoms with van der Waals surface area (Å²) in [6, 6.07) is 78.9. The SMILES string of the molecule is CCC1C(c2ccc3c(c2)oc2cc(-c4ccc5nc(-c6ccc7c(c6)-c6ccccc6C76c7ccccc7-c7ccccc76)ccc5c4)ccc23)=NC(c2ccccc2)=NC1c1ccccc1. The van der Waals surface area contributed by atoms with E-state index in [4.69, 9.17) is 19.4 Å². The molecule has 4 heteroatoms. The number of benzene rings is 9. The maximum atomic E-state index is 6.71. The molecule has 4 nitrogen and oxygen atoms in total. The quantitative estimate of drug-likeness (QED) is 0.167. The van der Waals surface area contributed by atoms with E-state index in [0.717, 1.165) is 84.3 Å². The summed E-state index contributed by atoms with van der Waals surface area (Å²) in [7, 11) is 0. The maximum Gasteiger partial charge on any atom is 0.155 e. The fourth-order valence-corrected chi connectivity index (χ4v) is 11.8. The van der Waals surface area contributed by atoms with E-state index in [2.05, 4.69) is 207 Å². The molecule has 14 rings (SSSR count). The zero-order valence-corrected chi connectivity index (χ0v) is 37.4. The molecular formula is C64H43N3O. The molecular weight excluding hydrogens is 827 g/mol. The summed E-state index contributed by atoms with van der Waals surface area (Å²) in [5.74, 6) is 0.879. The summed E-state index contributed by atoms with van der Waals surface area (Å²) in [4.78, 5) is 15.8. The molecule has 0 amide bonds. The molecule has 0 N–H and O–H groups in total. The molecule has 68 heavy (non-hydrogen) atoms. The normalized spacial score (nSPS) is 16.4. The standard InChI is InChI=1S/C64H43N3O/c1-2-46-61(39-15-5-3-6-16-39)66-63(40-17-7-4-8-18-40)67-62(46)45-26-31-51-50-30-25-42(37-59(50)68-60(51)38-45)41-28-33-57-43(35-41)29-34-58(65-57)44-27-32-56-52(36-44)49-21-11-14-24-55(49)64(56)53-22-12-9-19-47(53)48-20-10-13-23-54(48)64/h3-38,46,61H,2H2,1H3. The molecule has 0 fully saturated rings. The second-order valence-corrected chi connectivity index (χ2v) is 18.5. The van der Waals surface area contributed by atoms with Gasteiger partial charge in [-0.1, -0.05) is 177 Å². The van der Waals surface area contributed by atoms with Crippen molar-refractivity contribution in [3.05, 3.63) is 257 Å². The Hall–Kier alpha value is -8.47. The third-order valence-electron chi connectivity index (χ3n) is 14.9. The Morgan fingerprint density at radius 2 is 1.01 bits per heavy atom. The highest BCUT2D eigenvalue weighted by atomic mass is 16.3. The third kappa shape index (κ3) is 5.70. The van der Waals surface area contributed by atoms with Gasteiger partial charge < -0.3 is 4.42 Å². The van der Waals surface area contributed by atoms with Gasteiger partial charge >= 0.3 is 0 Å². The van der Waals surface area contributed by atoms with Crippen LogP contribution in [0.15, 0.2) is 233 Å². The van der Waals surface area contributed by atoms with Crippen molar-refractivity contribution in [2.75, 3.05) is 0 Å². The number of amidine groups is 1. The highest BCUT2D eigenvalue weighted by Gasteiger charge is 2.51. The first kappa shape index (κ1) is 38.8. The number of hydrogen-bond acceptors (Lipinski definition) is 4. The molecule has 2 atom stereocenters. The second-order valence-electron chi connectivity index (χ2n) is 18.5. The van der Waals surface area contributed by atoms with Gasteiger partial charge in [-0.2, -0.15) is 0 Å². The molecule has 1 aliphatic heterocycles. The summed E-state index contributed by atoms with van der Waals surface area (Å²) < 4.78 is 6.71. The highest BCUT2D eigenvalue weighted by Crippen LogP contribution is 2.63. The second kappa shape index (κ2) is 15.0. The van der Waals surface area contributed by atoms with E-state index >= 15 is 0 Å². The molecule has 3 heterocycles. The lowest BCUT2D eigenvalue weighted by Crippen LogP contribution is -2.28. The topological polar surface area (TPSA) is 50.8 Å². The molecule has 0 saturated carbocycles. The zero-order valence-electron chi connectivity index (χ0n) is 37.4. The van der Waals surface area contributed by atoms with Crippen molar-refractivity contribution in [1.29, 1.82) is 0 Å². The molecule has 3 aliphatic rings. The number of fused-ring (bicyclic) bond motifs is 14. The van der Waals surface area contributed by atoms with Crippen LogP contribution in [0.4, 0.5) is 0 Å². The van der Waals surface area contributed by atoms with Crippen molar-refractivity contribution in [2.45, 2.75) is 24.8 Å². The van der Waals surface area contributed by atoms with E-state index in [9.17, 15) is 0 Å². The Kier molecular flexibility index (Phi) is 8.57. The van der Waals surface area contributed by atoms with Gasteiger partial charge in [0.25, 0.3) is 0 Å². The van der Waals surface area contributed by atoms with Crippen molar-refractivity contribution in [3.63, 3.8) is 0 Å². The van der Waals surface area contributed by atoms with Gasteiger partial charge in [-0.25, -0.2) is 9.98 Å². The number of hydrogen-bond donors (Lipinski definition) is 0. The lowest BCUT2D eigenvalue weighted by Gasteiger charge is -2.30. The first-order valence-electron chi connectivity index (χ1n) is 23.7. The van der Waals surface area contributed by atoms with E-state index in [1.807, 2.05) is 18.2 Å². The maximum absolute atomic E-state index is 6.71. The van der Waals surface area contributed by atoms with Crippen molar-refractivity contribution in [3.8, 4) is 44.6 Å². The smallest absolute Gasteiger partial charge is 0.155 e. The van der Waals surface area contributed by atoms with Gasteiger partial charge in [-0.05, 0) is 116 Å². The van der Waals surface area contributed by atoms with Crippen LogP contribution in [-0.2, 0) is 5.41 Å². The molecule has 0 radical (unpaired) electrons. The lowest BCUT2D eigenvalue weighted by atomic mass is 9.70. The number of pyridine rings is 1. The minimum Gasteiger partial charge on any atom is -0.456 e. The number of aromatic nitrogens is 1. The monoisotopic (exact) mass is 869 g/mol. The first-order valence-corrected chi connectivity index (χ1v) is 23.7. The Balaban J connectivity index is 0.795. The van der Waals surface area contributed by atoms with Gasteiger partial charge in [0.15, 0.2) is 5.84 Å². The van der Waals surface area contributed by atoms with Crippen LogP contribution in [0.25, 0.3) is 77.5 Å². The Labute approximate surface area is 394 Å². The van der Waals surface area contributed by atoms with Gasteiger partial charge in [0.2, 0.25) is 0 Å². The predicted molar refractivity (Wildman–Crippen MR) is 279 cm³/mol. The number of aliphatic imine (C=N–C) groups is 2. The molecule has 0 saturated heterocycles. The van der Waals surface area contributed by atoms with E-state index in [1.54, 1.807) is 0 Å². The van der Waals surface area contributed by atoms with Crippen molar-refractivity contribution in [2.24, 2.45) is 15.9 Å². The van der Waals surface area contributed by atoms with E-state index in [1.165, 1.54) is 50.1 Å². The van der Waals surface area contributed by atoms with Crippen LogP contribution in [0.2, 0.25) is 0 Å². The van der Waals surface area contributed by atoms with E-state index < -0.39 is 0 Å². The molecule has 1 spiro atoms. The van der Waals surface area contributed by atoms with E-state index in [-0.39, 0.29) is 17.4 Å². The Morgan fingerprint density at radius 3 is 1.71 bits per heavy atom. The Bertz CT molecular complexity index is 3870. The van der Waals surface area contributed by atoms with Gasteiger partial charge in [-0.15, -0.1) is 0 Å². The van der Waals surface area contributed by atoms with Crippen molar-refractivity contribution in [1.82, 2.24) is 4.98 Å². The summed E-state index contributed by atoms with van der Waals surface area (Å²) in [6.07, 6.45) is 0.906. The molecule has 9 aromatic carbocycles. The Morgan fingerprint density at radius 1 is 0.456 bits per heavy atom. The van der Waals surface area contributed by atoms with Crippen LogP contribution < -0.4 is 0 Å². The average Bonchev–Trinajstić information content (AvgIpc) is 4.04. The minimum absolute atomic E-state index is 0.0403. The summed E-state index contributed by atoms with van der Waals surface area (Å²) in [5, 5.41) is 3.28.